The zero-order valence-corrected chi connectivity index (χ0v) is 15.0. The smallest absolute Gasteiger partial charge is 0.313 e. The number of nitrogens with zero attached hydrogens (tertiary/aromatic N) is 2. The number of rotatable bonds is 4. The minimum Gasteiger partial charge on any atom is -0.426 e. The van der Waals surface area contributed by atoms with Gasteiger partial charge in [0.25, 0.3) is 0 Å². The first-order valence-electron chi connectivity index (χ1n) is 8.60. The number of carbonyl (C=O) groups excluding carboxylic acids is 2. The molecule has 0 saturated heterocycles. The maximum Gasteiger partial charge on any atom is 0.313 e. The summed E-state index contributed by atoms with van der Waals surface area (Å²) in [6.07, 6.45) is 0.0328. The number of hydrogen-bond acceptors (Lipinski definition) is 5. The highest BCUT2D eigenvalue weighted by atomic mass is 16.7. The minimum absolute atomic E-state index is 0.0328. The molecule has 136 valence electrons. The molecule has 0 fully saturated rings. The van der Waals surface area contributed by atoms with E-state index in [4.69, 9.17) is 9.57 Å². The number of carbonyl (C=O) groups is 1. The molecule has 1 unspecified atom stereocenters. The molecule has 0 saturated carbocycles. The van der Waals surface area contributed by atoms with Gasteiger partial charge in [0.15, 0.2) is 5.94 Å². The van der Waals surface area contributed by atoms with Crippen LogP contribution in [0.3, 0.4) is 0 Å². The number of aryl methyl sites for hydroxylation is 1. The molecule has 4 rings (SSSR count). The Balaban J connectivity index is 1.75. The number of benzene rings is 2. The van der Waals surface area contributed by atoms with Gasteiger partial charge in [-0.25, -0.2) is 9.86 Å². The molecule has 6 nitrogen and oxygen atoms in total. The highest BCUT2D eigenvalue weighted by Crippen LogP contribution is 2.44. The van der Waals surface area contributed by atoms with Crippen LogP contribution >= 0.6 is 0 Å². The number of ether oxygens (including phenoxy) is 1. The lowest BCUT2D eigenvalue weighted by molar-refractivity contribution is -0.143. The number of fused-ring (bicyclic) bond motifs is 3. The van der Waals surface area contributed by atoms with Crippen LogP contribution in [0.1, 0.15) is 23.7 Å². The Labute approximate surface area is 156 Å². The molecule has 0 amide bonds. The maximum absolute atomic E-state index is 12.5. The molecule has 0 aliphatic carbocycles. The Bertz CT molecular complexity index is 1060. The fourth-order valence-corrected chi connectivity index (χ4v) is 3.71. The van der Waals surface area contributed by atoms with Crippen molar-refractivity contribution in [3.63, 3.8) is 0 Å². The first-order chi connectivity index (χ1) is 13.2. The van der Waals surface area contributed by atoms with E-state index >= 15 is 0 Å². The van der Waals surface area contributed by atoms with Gasteiger partial charge in [-0.15, -0.1) is 0 Å². The molecular weight excluding hydrogens is 344 g/mol. The average Bonchev–Trinajstić information content (AvgIpc) is 3.15. The topological polar surface area (TPSA) is 60.8 Å². The van der Waals surface area contributed by atoms with E-state index in [9.17, 15) is 9.59 Å². The van der Waals surface area contributed by atoms with Crippen LogP contribution in [-0.2, 0) is 14.4 Å². The van der Waals surface area contributed by atoms with Crippen molar-refractivity contribution in [1.29, 1.82) is 0 Å². The summed E-state index contributed by atoms with van der Waals surface area (Å²) in [4.78, 5) is 29.7. The predicted molar refractivity (Wildman–Crippen MR) is 100 cm³/mol. The fraction of sp³-hybridized carbons (Fsp3) is 0.190. The Morgan fingerprint density at radius 1 is 1.11 bits per heavy atom. The normalized spacial score (nSPS) is 15.7. The molecular formula is C21H18N2O4. The summed E-state index contributed by atoms with van der Waals surface area (Å²) < 4.78 is 7.24. The molecule has 6 heteroatoms. The molecule has 2 aromatic carbocycles. The molecule has 27 heavy (non-hydrogen) atoms. The number of para-hydroxylation sites is 2. The summed E-state index contributed by atoms with van der Waals surface area (Å²) in [7, 11) is 1.47. The minimum atomic E-state index is -0.477. The summed E-state index contributed by atoms with van der Waals surface area (Å²) in [5, 5.41) is 2.45. The molecule has 1 aliphatic heterocycles. The van der Waals surface area contributed by atoms with Crippen LogP contribution in [0.25, 0.3) is 16.7 Å². The van der Waals surface area contributed by atoms with Crippen molar-refractivity contribution >= 4 is 28.6 Å². The Hall–Kier alpha value is -3.34. The van der Waals surface area contributed by atoms with Crippen LogP contribution in [0.4, 0.5) is 0 Å². The second kappa shape index (κ2) is 6.76. The molecule has 0 bridgehead atoms. The second-order valence-electron chi connectivity index (χ2n) is 6.30. The van der Waals surface area contributed by atoms with Gasteiger partial charge in [0.2, 0.25) is 5.82 Å². The lowest BCUT2D eigenvalue weighted by Crippen LogP contribution is -2.25. The van der Waals surface area contributed by atoms with Crippen molar-refractivity contribution in [2.24, 2.45) is 0 Å². The summed E-state index contributed by atoms with van der Waals surface area (Å²) in [5.41, 5.74) is 2.71. The van der Waals surface area contributed by atoms with Gasteiger partial charge in [-0.1, -0.05) is 36.4 Å². The lowest BCUT2D eigenvalue weighted by Gasteiger charge is -2.22. The highest BCUT2D eigenvalue weighted by Gasteiger charge is 2.40. The van der Waals surface area contributed by atoms with E-state index in [1.54, 1.807) is 24.3 Å². The standard InChI is InChI=1S/C21H18N2O4/c1-14-16-10-6-7-11-17(16)22-19(13-24)23(26-2)18(21(14)22)12-20(25)27-15-8-4-3-5-9-15/h3-11,18H,12H2,1-2H3. The van der Waals surface area contributed by atoms with Crippen molar-refractivity contribution in [1.82, 2.24) is 9.63 Å². The highest BCUT2D eigenvalue weighted by molar-refractivity contribution is 5.94. The van der Waals surface area contributed by atoms with Gasteiger partial charge in [0.05, 0.1) is 24.7 Å². The largest absolute Gasteiger partial charge is 0.426 e. The van der Waals surface area contributed by atoms with Gasteiger partial charge < -0.3 is 4.74 Å². The number of aromatic nitrogens is 1. The molecule has 3 aromatic rings. The quantitative estimate of drug-likeness (QED) is 0.404. The van der Waals surface area contributed by atoms with E-state index in [1.165, 1.54) is 12.2 Å². The zero-order valence-electron chi connectivity index (χ0n) is 15.0. The summed E-state index contributed by atoms with van der Waals surface area (Å²) in [6, 6.07) is 16.2. The third-order valence-electron chi connectivity index (χ3n) is 4.82. The third kappa shape index (κ3) is 2.72. The summed E-state index contributed by atoms with van der Waals surface area (Å²) in [5.74, 6) is 2.26. The molecule has 1 aromatic heterocycles. The van der Waals surface area contributed by atoms with E-state index in [-0.39, 0.29) is 12.2 Å². The van der Waals surface area contributed by atoms with Crippen molar-refractivity contribution in [2.75, 3.05) is 7.11 Å². The predicted octanol–water partition coefficient (Wildman–Crippen LogP) is 3.49. The van der Waals surface area contributed by atoms with Crippen LogP contribution in [0, 0.1) is 6.92 Å². The van der Waals surface area contributed by atoms with Crippen molar-refractivity contribution in [3.8, 4) is 5.75 Å². The molecule has 1 aliphatic rings. The van der Waals surface area contributed by atoms with Gasteiger partial charge in [0.1, 0.15) is 11.8 Å². The van der Waals surface area contributed by atoms with E-state index in [0.717, 1.165) is 22.2 Å². The molecule has 2 heterocycles. The van der Waals surface area contributed by atoms with E-state index in [2.05, 4.69) is 0 Å². The molecule has 0 N–H and O–H groups in total. The monoisotopic (exact) mass is 362 g/mol. The lowest BCUT2D eigenvalue weighted by atomic mass is 10.1. The van der Waals surface area contributed by atoms with Crippen LogP contribution in [-0.4, -0.2) is 28.7 Å². The molecule has 0 spiro atoms. The van der Waals surface area contributed by atoms with Crippen LogP contribution in [0.5, 0.6) is 5.75 Å². The Kier molecular flexibility index (Phi) is 4.28. The molecule has 0 radical (unpaired) electrons. The average molecular weight is 362 g/mol. The number of esters is 1. The third-order valence-corrected chi connectivity index (χ3v) is 4.82. The maximum atomic E-state index is 12.5. The van der Waals surface area contributed by atoms with Crippen molar-refractivity contribution in [2.45, 2.75) is 19.4 Å². The zero-order chi connectivity index (χ0) is 19.0. The van der Waals surface area contributed by atoms with Crippen LogP contribution < -0.4 is 4.74 Å². The number of hydroxylamine groups is 2. The second-order valence-corrected chi connectivity index (χ2v) is 6.30. The Morgan fingerprint density at radius 2 is 1.81 bits per heavy atom. The van der Waals surface area contributed by atoms with Crippen molar-refractivity contribution < 1.29 is 19.2 Å². The SMILES string of the molecule is CON1C(=C=O)n2c(c(C)c3ccccc32)C1CC(=O)Oc1ccccc1. The van der Waals surface area contributed by atoms with Gasteiger partial charge in [0, 0.05) is 5.39 Å². The fourth-order valence-electron chi connectivity index (χ4n) is 3.71. The van der Waals surface area contributed by atoms with Crippen LogP contribution in [0.2, 0.25) is 0 Å². The van der Waals surface area contributed by atoms with Gasteiger partial charge in [-0.3, -0.25) is 14.2 Å². The molecule has 1 atom stereocenters. The summed E-state index contributed by atoms with van der Waals surface area (Å²) in [6.45, 7) is 1.98. The summed E-state index contributed by atoms with van der Waals surface area (Å²) >= 11 is 0. The van der Waals surface area contributed by atoms with Crippen molar-refractivity contribution in [3.05, 3.63) is 65.9 Å². The van der Waals surface area contributed by atoms with Gasteiger partial charge in [-0.05, 0) is 30.7 Å². The van der Waals surface area contributed by atoms with Gasteiger partial charge in [-0.2, -0.15) is 0 Å². The first-order valence-corrected chi connectivity index (χ1v) is 8.60. The van der Waals surface area contributed by atoms with Gasteiger partial charge >= 0.3 is 5.97 Å². The van der Waals surface area contributed by atoms with E-state index < -0.39 is 12.0 Å². The Morgan fingerprint density at radius 3 is 2.52 bits per heavy atom. The van der Waals surface area contributed by atoms with E-state index in [0.29, 0.717) is 5.75 Å². The van der Waals surface area contributed by atoms with Crippen LogP contribution in [0.15, 0.2) is 54.6 Å². The number of hydrogen-bond donors (Lipinski definition) is 0. The first kappa shape index (κ1) is 17.1. The van der Waals surface area contributed by atoms with E-state index in [1.807, 2.05) is 47.8 Å².